The number of methoxy groups -OCH3 is 1. The minimum Gasteiger partial charge on any atom is -0.504 e. The third-order valence-corrected chi connectivity index (χ3v) is 1.70. The van der Waals surface area contributed by atoms with E-state index in [4.69, 9.17) is 10.5 Å². The zero-order valence-corrected chi connectivity index (χ0v) is 8.10. The minimum atomic E-state index is 0.128. The number of ether oxygens (including phenoxy) is 1. The third-order valence-electron chi connectivity index (χ3n) is 1.70. The molecule has 0 atom stereocenters. The molecule has 0 heterocycles. The van der Waals surface area contributed by atoms with Crippen LogP contribution in [-0.4, -0.2) is 31.5 Å². The van der Waals surface area contributed by atoms with E-state index in [2.05, 4.69) is 4.99 Å². The van der Waals surface area contributed by atoms with E-state index in [-0.39, 0.29) is 5.75 Å². The van der Waals surface area contributed by atoms with Crippen molar-refractivity contribution in [2.24, 2.45) is 10.7 Å². The molecule has 0 fully saturated rings. The number of phenols is 1. The summed E-state index contributed by atoms with van der Waals surface area (Å²) in [5.74, 6) is 0.574. The van der Waals surface area contributed by atoms with Crippen molar-refractivity contribution in [2.45, 2.75) is 0 Å². The van der Waals surface area contributed by atoms with E-state index in [0.29, 0.717) is 18.8 Å². The summed E-state index contributed by atoms with van der Waals surface area (Å²) < 4.78 is 4.96. The molecule has 3 N–H and O–H groups in total. The fourth-order valence-electron chi connectivity index (χ4n) is 1.02. The summed E-state index contributed by atoms with van der Waals surface area (Å²) in [6.07, 6.45) is 1.70. The lowest BCUT2D eigenvalue weighted by Gasteiger charge is -2.03. The molecule has 1 aromatic carbocycles. The predicted octanol–water partition coefficient (Wildman–Crippen LogP) is 0.778. The molecule has 0 aromatic heterocycles. The molecule has 4 heteroatoms. The maximum atomic E-state index is 9.32. The Morgan fingerprint density at radius 2 is 2.36 bits per heavy atom. The Labute approximate surface area is 83.0 Å². The van der Waals surface area contributed by atoms with E-state index < -0.39 is 0 Å². The Kier molecular flexibility index (Phi) is 3.94. The van der Waals surface area contributed by atoms with Crippen LogP contribution in [0.3, 0.4) is 0 Å². The number of phenolic OH excluding ortho intramolecular Hbond substituents is 1. The van der Waals surface area contributed by atoms with Crippen molar-refractivity contribution >= 4 is 6.21 Å². The van der Waals surface area contributed by atoms with Crippen LogP contribution in [0, 0.1) is 0 Å². The van der Waals surface area contributed by atoms with Gasteiger partial charge in [0.15, 0.2) is 11.5 Å². The van der Waals surface area contributed by atoms with Gasteiger partial charge in [0.2, 0.25) is 0 Å². The minimum absolute atomic E-state index is 0.128. The first-order chi connectivity index (χ1) is 6.77. The van der Waals surface area contributed by atoms with E-state index in [9.17, 15) is 5.11 Å². The first-order valence-corrected chi connectivity index (χ1v) is 4.35. The summed E-state index contributed by atoms with van der Waals surface area (Å²) in [5, 5.41) is 9.32. The lowest BCUT2D eigenvalue weighted by atomic mass is 10.2. The second-order valence-corrected chi connectivity index (χ2v) is 2.76. The standard InChI is InChI=1S/C10H14N2O2/c1-14-10-6-8(2-3-9(10)13)7-12-5-4-11/h2-3,6-7,13H,4-5,11H2,1H3/b12-7+. The predicted molar refractivity (Wildman–Crippen MR) is 56.2 cm³/mol. The highest BCUT2D eigenvalue weighted by Crippen LogP contribution is 2.25. The Hall–Kier alpha value is -1.55. The highest BCUT2D eigenvalue weighted by molar-refractivity contribution is 5.80. The van der Waals surface area contributed by atoms with E-state index in [1.807, 2.05) is 0 Å². The summed E-state index contributed by atoms with van der Waals surface area (Å²) in [6.45, 7) is 1.13. The van der Waals surface area contributed by atoms with Gasteiger partial charge in [0.25, 0.3) is 0 Å². The number of nitrogens with zero attached hydrogens (tertiary/aromatic N) is 1. The van der Waals surface area contributed by atoms with E-state index in [0.717, 1.165) is 5.56 Å². The van der Waals surface area contributed by atoms with Gasteiger partial charge < -0.3 is 15.6 Å². The lowest BCUT2D eigenvalue weighted by Crippen LogP contribution is -2.02. The molecule has 0 saturated heterocycles. The lowest BCUT2D eigenvalue weighted by molar-refractivity contribution is 0.373. The zero-order valence-electron chi connectivity index (χ0n) is 8.10. The number of aromatic hydroxyl groups is 1. The number of rotatable bonds is 4. The van der Waals surface area contributed by atoms with E-state index in [1.165, 1.54) is 7.11 Å². The summed E-state index contributed by atoms with van der Waals surface area (Å²) >= 11 is 0. The first-order valence-electron chi connectivity index (χ1n) is 4.35. The SMILES string of the molecule is COc1cc(/C=N/CCN)ccc1O. The van der Waals surface area contributed by atoms with Crippen LogP contribution in [0.1, 0.15) is 5.56 Å². The number of hydrogen-bond donors (Lipinski definition) is 2. The second kappa shape index (κ2) is 5.24. The maximum Gasteiger partial charge on any atom is 0.161 e. The van der Waals surface area contributed by atoms with Gasteiger partial charge in [-0.2, -0.15) is 0 Å². The average molecular weight is 194 g/mol. The highest BCUT2D eigenvalue weighted by Gasteiger charge is 2.00. The highest BCUT2D eigenvalue weighted by atomic mass is 16.5. The molecule has 4 nitrogen and oxygen atoms in total. The summed E-state index contributed by atoms with van der Waals surface area (Å²) in [4.78, 5) is 4.08. The van der Waals surface area contributed by atoms with Gasteiger partial charge in [-0.15, -0.1) is 0 Å². The van der Waals surface area contributed by atoms with Crippen molar-refractivity contribution in [3.05, 3.63) is 23.8 Å². The molecule has 1 rings (SSSR count). The molecular formula is C10H14N2O2. The van der Waals surface area contributed by atoms with Crippen molar-refractivity contribution in [1.29, 1.82) is 0 Å². The van der Waals surface area contributed by atoms with Crippen LogP contribution in [0.25, 0.3) is 0 Å². The van der Waals surface area contributed by atoms with Gasteiger partial charge in [-0.05, 0) is 23.8 Å². The molecule has 0 unspecified atom stereocenters. The van der Waals surface area contributed by atoms with Crippen molar-refractivity contribution in [2.75, 3.05) is 20.2 Å². The van der Waals surface area contributed by atoms with Gasteiger partial charge >= 0.3 is 0 Å². The quantitative estimate of drug-likeness (QED) is 0.696. The van der Waals surface area contributed by atoms with Crippen molar-refractivity contribution in [3.8, 4) is 11.5 Å². The van der Waals surface area contributed by atoms with Crippen LogP contribution < -0.4 is 10.5 Å². The molecule has 0 radical (unpaired) electrons. The van der Waals surface area contributed by atoms with E-state index >= 15 is 0 Å². The number of nitrogens with two attached hydrogens (primary N) is 1. The van der Waals surface area contributed by atoms with Gasteiger partial charge in [-0.3, -0.25) is 4.99 Å². The van der Waals surface area contributed by atoms with Gasteiger partial charge in [0.05, 0.1) is 13.7 Å². The van der Waals surface area contributed by atoms with Crippen LogP contribution in [-0.2, 0) is 0 Å². The van der Waals surface area contributed by atoms with Crippen molar-refractivity contribution in [1.82, 2.24) is 0 Å². The van der Waals surface area contributed by atoms with Crippen LogP contribution in [0.4, 0.5) is 0 Å². The Balaban J connectivity index is 2.79. The summed E-state index contributed by atoms with van der Waals surface area (Å²) in [6, 6.07) is 5.05. The largest absolute Gasteiger partial charge is 0.504 e. The third kappa shape index (κ3) is 2.74. The molecule has 0 aliphatic rings. The normalized spacial score (nSPS) is 10.7. The van der Waals surface area contributed by atoms with Gasteiger partial charge in [-0.1, -0.05) is 0 Å². The Morgan fingerprint density at radius 1 is 1.57 bits per heavy atom. The molecule has 0 amide bonds. The fraction of sp³-hybridized carbons (Fsp3) is 0.300. The van der Waals surface area contributed by atoms with Gasteiger partial charge in [-0.25, -0.2) is 0 Å². The smallest absolute Gasteiger partial charge is 0.161 e. The fourth-order valence-corrected chi connectivity index (χ4v) is 1.02. The molecule has 0 aliphatic carbocycles. The molecule has 76 valence electrons. The average Bonchev–Trinajstić information content (AvgIpc) is 2.21. The van der Waals surface area contributed by atoms with Gasteiger partial charge in [0.1, 0.15) is 0 Å². The summed E-state index contributed by atoms with van der Waals surface area (Å²) in [7, 11) is 1.51. The molecule has 0 saturated carbocycles. The van der Waals surface area contributed by atoms with Crippen molar-refractivity contribution < 1.29 is 9.84 Å². The van der Waals surface area contributed by atoms with Crippen molar-refractivity contribution in [3.63, 3.8) is 0 Å². The monoisotopic (exact) mass is 194 g/mol. The molecule has 1 aromatic rings. The number of aliphatic imine (C=N–C) groups is 1. The molecular weight excluding hydrogens is 180 g/mol. The molecule has 14 heavy (non-hydrogen) atoms. The van der Waals surface area contributed by atoms with Crippen LogP contribution in [0.2, 0.25) is 0 Å². The zero-order chi connectivity index (χ0) is 10.4. The topological polar surface area (TPSA) is 67.8 Å². The summed E-state index contributed by atoms with van der Waals surface area (Å²) in [5.41, 5.74) is 6.18. The second-order valence-electron chi connectivity index (χ2n) is 2.76. The maximum absolute atomic E-state index is 9.32. The van der Waals surface area contributed by atoms with Crippen LogP contribution in [0.5, 0.6) is 11.5 Å². The van der Waals surface area contributed by atoms with Crippen LogP contribution in [0.15, 0.2) is 23.2 Å². The Bertz CT molecular complexity index is 324. The van der Waals surface area contributed by atoms with Gasteiger partial charge in [0, 0.05) is 12.8 Å². The molecule has 0 aliphatic heterocycles. The molecule has 0 bridgehead atoms. The number of benzene rings is 1. The Morgan fingerprint density at radius 3 is 3.00 bits per heavy atom. The van der Waals surface area contributed by atoms with E-state index in [1.54, 1.807) is 24.4 Å². The van der Waals surface area contributed by atoms with Crippen LogP contribution >= 0.6 is 0 Å². The first kappa shape index (κ1) is 10.5. The molecule has 0 spiro atoms. The number of hydrogen-bond acceptors (Lipinski definition) is 4.